The van der Waals surface area contributed by atoms with Crippen molar-refractivity contribution in [3.63, 3.8) is 0 Å². The van der Waals surface area contributed by atoms with Gasteiger partial charge in [-0.15, -0.1) is 0 Å². The van der Waals surface area contributed by atoms with Gasteiger partial charge in [-0.1, -0.05) is 25.2 Å². The summed E-state index contributed by atoms with van der Waals surface area (Å²) in [5.41, 5.74) is 6.49. The molecule has 40 heavy (non-hydrogen) atoms. The summed E-state index contributed by atoms with van der Waals surface area (Å²) in [7, 11) is 0.414. The predicted molar refractivity (Wildman–Crippen MR) is 158 cm³/mol. The Kier molecular flexibility index (Phi) is 4.84. The van der Waals surface area contributed by atoms with Crippen LogP contribution in [0.4, 0.5) is 10.1 Å². The number of nitrogens with one attached hydrogen (secondary N) is 1. The van der Waals surface area contributed by atoms with Gasteiger partial charge < -0.3 is 19.5 Å². The molecule has 2 spiro atoms. The first-order valence-corrected chi connectivity index (χ1v) is 17.6. The average Bonchev–Trinajstić information content (AvgIpc) is 3.19. The van der Waals surface area contributed by atoms with Crippen molar-refractivity contribution in [2.24, 2.45) is 5.10 Å². The minimum Gasteiger partial charge on any atom is -0.481 e. The van der Waals surface area contributed by atoms with E-state index in [1.165, 1.54) is 28.0 Å². The van der Waals surface area contributed by atoms with Gasteiger partial charge in [-0.25, -0.2) is 9.37 Å². The second-order valence-electron chi connectivity index (χ2n) is 13.0. The van der Waals surface area contributed by atoms with Crippen LogP contribution < -0.4 is 10.5 Å². The first-order valence-electron chi connectivity index (χ1n) is 14.4. The summed E-state index contributed by atoms with van der Waals surface area (Å²) in [6, 6.07) is 10.9. The van der Waals surface area contributed by atoms with E-state index in [0.29, 0.717) is 6.54 Å². The van der Waals surface area contributed by atoms with E-state index in [2.05, 4.69) is 57.3 Å². The molecule has 1 aliphatic carbocycles. The third-order valence-electron chi connectivity index (χ3n) is 9.66. The summed E-state index contributed by atoms with van der Waals surface area (Å²) in [5.74, 6) is 1.52. The molecule has 1 saturated carbocycles. The Hall–Kier alpha value is -3.59. The minimum atomic E-state index is -1.61. The Morgan fingerprint density at radius 1 is 1.15 bits per heavy atom. The Morgan fingerprint density at radius 2 is 2.00 bits per heavy atom. The fourth-order valence-corrected chi connectivity index (χ4v) is 10.6. The number of hydrogen-bond donors (Lipinski definition) is 1. The van der Waals surface area contributed by atoms with Gasteiger partial charge in [-0.2, -0.15) is 5.10 Å². The lowest BCUT2D eigenvalue weighted by molar-refractivity contribution is -0.000607. The quantitative estimate of drug-likeness (QED) is 0.470. The monoisotopic (exact) mass is 554 g/mol. The van der Waals surface area contributed by atoms with E-state index in [0.717, 1.165) is 60.9 Å². The van der Waals surface area contributed by atoms with E-state index < -0.39 is 8.07 Å². The molecule has 1 saturated heterocycles. The first-order chi connectivity index (χ1) is 19.2. The smallest absolute Gasteiger partial charge is 0.192 e. The fourth-order valence-electron chi connectivity index (χ4n) is 7.49. The highest BCUT2D eigenvalue weighted by atomic mass is 28.3. The lowest BCUT2D eigenvalue weighted by Crippen LogP contribution is -2.64. The zero-order valence-electron chi connectivity index (χ0n) is 23.6. The molecular weight excluding hydrogens is 519 g/mol. The normalized spacial score (nSPS) is 25.9. The third-order valence-corrected chi connectivity index (χ3v) is 13.1. The molecule has 5 heterocycles. The highest BCUT2D eigenvalue weighted by molar-refractivity contribution is 6.91. The Labute approximate surface area is 235 Å². The second kappa shape index (κ2) is 8.00. The molecule has 0 radical (unpaired) electrons. The van der Waals surface area contributed by atoms with Gasteiger partial charge in [-0.05, 0) is 72.8 Å². The van der Waals surface area contributed by atoms with Gasteiger partial charge in [0.2, 0.25) is 0 Å². The molecule has 9 heteroatoms. The molecule has 3 aromatic rings. The number of halogens is 1. The van der Waals surface area contributed by atoms with Crippen molar-refractivity contribution in [3.8, 4) is 5.69 Å². The summed E-state index contributed by atoms with van der Waals surface area (Å²) in [6.07, 6.45) is 9.49. The first kappa shape index (κ1) is 24.2. The number of hydrogen-bond acceptors (Lipinski definition) is 6. The van der Waals surface area contributed by atoms with Crippen LogP contribution in [0.25, 0.3) is 11.8 Å². The number of anilines is 1. The molecule has 8 rings (SSSR count). The predicted octanol–water partition coefficient (Wildman–Crippen LogP) is 4.58. The topological polar surface area (TPSA) is 57.9 Å². The molecule has 1 atom stereocenters. The number of likely N-dealkylation sites (N-methyl/N-ethyl adjacent to an activating group) is 1. The van der Waals surface area contributed by atoms with Crippen LogP contribution in [0.5, 0.6) is 0 Å². The molecule has 1 unspecified atom stereocenters. The highest BCUT2D eigenvalue weighted by Gasteiger charge is 2.59. The number of benzene rings is 2. The van der Waals surface area contributed by atoms with Crippen LogP contribution >= 0.6 is 0 Å². The maximum absolute atomic E-state index is 14.1. The number of rotatable bonds is 2. The molecule has 7 nitrogen and oxygen atoms in total. The van der Waals surface area contributed by atoms with Crippen LogP contribution in [-0.4, -0.2) is 65.7 Å². The van der Waals surface area contributed by atoms with Crippen molar-refractivity contribution in [1.29, 1.82) is 0 Å². The lowest BCUT2D eigenvalue weighted by atomic mass is 9.87. The van der Waals surface area contributed by atoms with Crippen molar-refractivity contribution < 1.29 is 9.13 Å². The van der Waals surface area contributed by atoms with Crippen LogP contribution in [0.15, 0.2) is 53.7 Å². The number of morpholine rings is 1. The molecule has 1 N–H and O–H groups in total. The summed E-state index contributed by atoms with van der Waals surface area (Å²) in [4.78, 5) is 6.97. The molecule has 2 aromatic carbocycles. The number of amidine groups is 1. The molecule has 4 aliphatic heterocycles. The Bertz CT molecular complexity index is 1640. The number of aryl methyl sites for hydroxylation is 1. The molecule has 0 amide bonds. The zero-order valence-corrected chi connectivity index (χ0v) is 24.6. The molecule has 206 valence electrons. The molecule has 2 fully saturated rings. The number of fused-ring (bicyclic) bond motifs is 5. The van der Waals surface area contributed by atoms with Gasteiger partial charge in [-0.3, -0.25) is 5.01 Å². The van der Waals surface area contributed by atoms with Crippen molar-refractivity contribution >= 4 is 30.9 Å². The van der Waals surface area contributed by atoms with Gasteiger partial charge >= 0.3 is 0 Å². The number of imidazole rings is 1. The molecular formula is C31H35FN6OSi. The van der Waals surface area contributed by atoms with Gasteiger partial charge in [0.25, 0.3) is 0 Å². The number of hydrazone groups is 1. The van der Waals surface area contributed by atoms with Crippen LogP contribution in [0, 0.1) is 12.7 Å². The maximum Gasteiger partial charge on any atom is 0.192 e. The van der Waals surface area contributed by atoms with Gasteiger partial charge in [0, 0.05) is 36.7 Å². The summed E-state index contributed by atoms with van der Waals surface area (Å²) < 4.78 is 23.2. The van der Waals surface area contributed by atoms with Gasteiger partial charge in [0.05, 0.1) is 33.2 Å². The summed E-state index contributed by atoms with van der Waals surface area (Å²) >= 11 is 0. The summed E-state index contributed by atoms with van der Waals surface area (Å²) in [6.45, 7) is 9.26. The number of nitrogens with zero attached hydrogens (tertiary/aromatic N) is 5. The Balaban J connectivity index is 1.26. The Morgan fingerprint density at radius 3 is 2.77 bits per heavy atom. The van der Waals surface area contributed by atoms with Crippen LogP contribution in [0.2, 0.25) is 19.1 Å². The van der Waals surface area contributed by atoms with Crippen molar-refractivity contribution in [2.75, 3.05) is 32.0 Å². The van der Waals surface area contributed by atoms with E-state index in [4.69, 9.17) is 9.84 Å². The van der Waals surface area contributed by atoms with E-state index in [-0.39, 0.29) is 17.0 Å². The SMILES string of the molecule is Cc1cn(-c2ccc(/C=C3\OC4(CC4)CN4C3=NN(C)CC43CNc4cc(F)ccc43)c3c2[Si](C)(C)CC3)cn1. The second-order valence-corrected chi connectivity index (χ2v) is 17.8. The molecule has 0 bridgehead atoms. The number of ether oxygens (including phenoxy) is 1. The van der Waals surface area contributed by atoms with Crippen molar-refractivity contribution in [1.82, 2.24) is 19.5 Å². The van der Waals surface area contributed by atoms with Crippen LogP contribution in [-0.2, 0) is 16.7 Å². The maximum atomic E-state index is 14.1. The largest absolute Gasteiger partial charge is 0.481 e. The van der Waals surface area contributed by atoms with E-state index in [9.17, 15) is 4.39 Å². The van der Waals surface area contributed by atoms with E-state index in [1.807, 2.05) is 31.4 Å². The van der Waals surface area contributed by atoms with E-state index >= 15 is 0 Å². The van der Waals surface area contributed by atoms with Crippen LogP contribution in [0.3, 0.4) is 0 Å². The lowest BCUT2D eigenvalue weighted by Gasteiger charge is -2.52. The summed E-state index contributed by atoms with van der Waals surface area (Å²) in [5, 5.41) is 12.1. The average molecular weight is 555 g/mol. The minimum absolute atomic E-state index is 0.179. The van der Waals surface area contributed by atoms with Crippen molar-refractivity contribution in [2.45, 2.75) is 56.5 Å². The molecule has 5 aliphatic rings. The van der Waals surface area contributed by atoms with E-state index in [1.54, 1.807) is 12.1 Å². The van der Waals surface area contributed by atoms with Crippen LogP contribution in [0.1, 0.15) is 35.2 Å². The van der Waals surface area contributed by atoms with Gasteiger partial charge in [0.1, 0.15) is 17.0 Å². The van der Waals surface area contributed by atoms with Crippen molar-refractivity contribution in [3.05, 3.63) is 76.8 Å². The van der Waals surface area contributed by atoms with Gasteiger partial charge in [0.15, 0.2) is 11.6 Å². The highest BCUT2D eigenvalue weighted by Crippen LogP contribution is 2.52. The molecule has 1 aromatic heterocycles. The third kappa shape index (κ3) is 3.46. The number of aromatic nitrogens is 2. The fraction of sp³-hybridized carbons (Fsp3) is 0.419. The zero-order chi connectivity index (χ0) is 27.4. The standard InChI is InChI=1S/C31H35FN6OSi/c1-20-15-37(19-34-20)26-8-5-21(23-9-12-40(3,4)28(23)26)13-27-29-35-36(2)18-31(38(29)17-30(39-27)10-11-30)16-33-25-14-22(32)6-7-24(25)31/h5-8,13-15,19,33H,9-12,16-18H2,1-4H3/b27-13-.